The largest absolute Gasteiger partial charge is 0.478 e. The van der Waals surface area contributed by atoms with Crippen LogP contribution in [0.5, 0.6) is 0 Å². The van der Waals surface area contributed by atoms with E-state index < -0.39 is 5.97 Å². The summed E-state index contributed by atoms with van der Waals surface area (Å²) in [5, 5.41) is 9.20. The molecule has 2 aliphatic rings. The van der Waals surface area contributed by atoms with Gasteiger partial charge < -0.3 is 10.0 Å². The zero-order valence-corrected chi connectivity index (χ0v) is 13.0. The van der Waals surface area contributed by atoms with Crippen LogP contribution in [0, 0.1) is 11.8 Å². The lowest BCUT2D eigenvalue weighted by Gasteiger charge is -2.28. The zero-order valence-electron chi connectivity index (χ0n) is 13.0. The van der Waals surface area contributed by atoms with Crippen LogP contribution in [-0.2, 0) is 11.2 Å². The summed E-state index contributed by atoms with van der Waals surface area (Å²) in [7, 11) is 1.92. The van der Waals surface area contributed by atoms with Gasteiger partial charge in [-0.15, -0.1) is 0 Å². The zero-order chi connectivity index (χ0) is 15.7. The van der Waals surface area contributed by atoms with Crippen molar-refractivity contribution in [2.24, 2.45) is 11.8 Å². The molecule has 0 atom stereocenters. The molecule has 22 heavy (non-hydrogen) atoms. The topological polar surface area (TPSA) is 57.6 Å². The quantitative estimate of drug-likeness (QED) is 0.842. The fraction of sp³-hybridized carbons (Fsp3) is 0.556. The Kier molecular flexibility index (Phi) is 4.19. The Labute approximate surface area is 131 Å². The second-order valence-electron chi connectivity index (χ2n) is 6.63. The minimum absolute atomic E-state index is 0.143. The van der Waals surface area contributed by atoms with Crippen molar-refractivity contribution in [1.82, 2.24) is 4.90 Å². The highest BCUT2D eigenvalue weighted by Gasteiger charge is 2.44. The van der Waals surface area contributed by atoms with E-state index in [9.17, 15) is 14.7 Å². The van der Waals surface area contributed by atoms with Gasteiger partial charge in [-0.05, 0) is 55.6 Å². The maximum absolute atomic E-state index is 12.5. The number of benzene rings is 1. The van der Waals surface area contributed by atoms with Crippen molar-refractivity contribution in [3.05, 3.63) is 35.4 Å². The second kappa shape index (κ2) is 6.11. The average Bonchev–Trinajstić information content (AvgIpc) is 3.39. The summed E-state index contributed by atoms with van der Waals surface area (Å²) in [6.07, 6.45) is 5.88. The van der Waals surface area contributed by atoms with Gasteiger partial charge in [0.1, 0.15) is 0 Å². The number of aromatic carboxylic acids is 1. The Bertz CT molecular complexity index is 563. The van der Waals surface area contributed by atoms with Gasteiger partial charge in [0.05, 0.1) is 5.56 Å². The van der Waals surface area contributed by atoms with E-state index in [1.54, 1.807) is 18.2 Å². The lowest BCUT2D eigenvalue weighted by atomic mass is 10.0. The van der Waals surface area contributed by atoms with Gasteiger partial charge in [0.25, 0.3) is 0 Å². The van der Waals surface area contributed by atoms with Gasteiger partial charge in [-0.25, -0.2) is 4.79 Å². The molecule has 1 aromatic rings. The molecule has 1 N–H and O–H groups in total. The lowest BCUT2D eigenvalue weighted by molar-refractivity contribution is -0.132. The monoisotopic (exact) mass is 301 g/mol. The maximum Gasteiger partial charge on any atom is 0.335 e. The Morgan fingerprint density at radius 2 is 1.77 bits per heavy atom. The van der Waals surface area contributed by atoms with Crippen molar-refractivity contribution in [3.8, 4) is 0 Å². The lowest BCUT2D eigenvalue weighted by Crippen LogP contribution is -2.40. The van der Waals surface area contributed by atoms with E-state index in [2.05, 4.69) is 0 Å². The van der Waals surface area contributed by atoms with E-state index in [0.717, 1.165) is 5.56 Å². The van der Waals surface area contributed by atoms with Crippen LogP contribution >= 0.6 is 0 Å². The molecule has 1 aromatic carbocycles. The highest BCUT2D eigenvalue weighted by molar-refractivity contribution is 5.89. The first kappa shape index (κ1) is 15.1. The molecule has 0 spiro atoms. The second-order valence-corrected chi connectivity index (χ2v) is 6.63. The molecule has 0 aliphatic heterocycles. The van der Waals surface area contributed by atoms with Gasteiger partial charge in [0.15, 0.2) is 0 Å². The summed E-state index contributed by atoms with van der Waals surface area (Å²) >= 11 is 0. The molecular formula is C18H23NO3. The number of carboxylic acid groups (broad SMARTS) is 1. The molecule has 0 bridgehead atoms. The minimum Gasteiger partial charge on any atom is -0.478 e. The van der Waals surface area contributed by atoms with Crippen LogP contribution < -0.4 is 0 Å². The first-order chi connectivity index (χ1) is 10.6. The highest BCUT2D eigenvalue weighted by Crippen LogP contribution is 2.46. The standard InChI is InChI=1S/C18H23NO3/c1-19(17(13-6-7-13)14-8-9-14)16(20)11-10-12-4-2-3-5-15(12)18(21)22/h2-5,13-14,17H,6-11H2,1H3,(H,21,22). The molecule has 4 heteroatoms. The number of amides is 1. The van der Waals surface area contributed by atoms with Gasteiger partial charge in [-0.3, -0.25) is 4.79 Å². The van der Waals surface area contributed by atoms with E-state index in [1.807, 2.05) is 18.0 Å². The number of carbonyl (C=O) groups is 2. The molecule has 2 fully saturated rings. The van der Waals surface area contributed by atoms with E-state index >= 15 is 0 Å². The third-order valence-corrected chi connectivity index (χ3v) is 4.91. The molecule has 0 radical (unpaired) electrons. The first-order valence-corrected chi connectivity index (χ1v) is 8.14. The predicted octanol–water partition coefficient (Wildman–Crippen LogP) is 2.96. The van der Waals surface area contributed by atoms with Gasteiger partial charge in [-0.1, -0.05) is 18.2 Å². The average molecular weight is 301 g/mol. The Balaban J connectivity index is 1.61. The fourth-order valence-corrected chi connectivity index (χ4v) is 3.42. The van der Waals surface area contributed by atoms with E-state index in [1.165, 1.54) is 25.7 Å². The molecule has 0 heterocycles. The number of rotatable bonds is 7. The molecule has 3 rings (SSSR count). The van der Waals surface area contributed by atoms with Crippen LogP contribution in [0.25, 0.3) is 0 Å². The van der Waals surface area contributed by atoms with Gasteiger partial charge in [0, 0.05) is 19.5 Å². The van der Waals surface area contributed by atoms with Crippen LogP contribution in [0.1, 0.15) is 48.0 Å². The summed E-state index contributed by atoms with van der Waals surface area (Å²) in [5.41, 5.74) is 1.05. The summed E-state index contributed by atoms with van der Waals surface area (Å²) in [5.74, 6) is 0.620. The number of carboxylic acids is 1. The van der Waals surface area contributed by atoms with Crippen LogP contribution in [0.2, 0.25) is 0 Å². The molecule has 2 saturated carbocycles. The van der Waals surface area contributed by atoms with Crippen molar-refractivity contribution in [3.63, 3.8) is 0 Å². The normalized spacial score (nSPS) is 17.5. The number of nitrogens with zero attached hydrogens (tertiary/aromatic N) is 1. The predicted molar refractivity (Wildman–Crippen MR) is 83.7 cm³/mol. The Morgan fingerprint density at radius 1 is 1.18 bits per heavy atom. The smallest absolute Gasteiger partial charge is 0.335 e. The molecule has 0 unspecified atom stereocenters. The van der Waals surface area contributed by atoms with Gasteiger partial charge in [-0.2, -0.15) is 0 Å². The number of aryl methyl sites for hydroxylation is 1. The third-order valence-electron chi connectivity index (χ3n) is 4.91. The van der Waals surface area contributed by atoms with Crippen molar-refractivity contribution in [2.75, 3.05) is 7.05 Å². The van der Waals surface area contributed by atoms with E-state index in [0.29, 0.717) is 36.3 Å². The summed E-state index contributed by atoms with van der Waals surface area (Å²) in [6, 6.07) is 7.37. The fourth-order valence-electron chi connectivity index (χ4n) is 3.42. The molecule has 0 aromatic heterocycles. The molecule has 2 aliphatic carbocycles. The Hall–Kier alpha value is -1.84. The van der Waals surface area contributed by atoms with Crippen molar-refractivity contribution < 1.29 is 14.7 Å². The SMILES string of the molecule is CN(C(=O)CCc1ccccc1C(=O)O)C(C1CC1)C1CC1. The maximum atomic E-state index is 12.5. The van der Waals surface area contributed by atoms with Crippen molar-refractivity contribution in [2.45, 2.75) is 44.6 Å². The highest BCUT2D eigenvalue weighted by atomic mass is 16.4. The van der Waals surface area contributed by atoms with Gasteiger partial charge in [0.2, 0.25) is 5.91 Å². The minimum atomic E-state index is -0.926. The molecule has 0 saturated heterocycles. The number of hydrogen-bond acceptors (Lipinski definition) is 2. The molecule has 118 valence electrons. The van der Waals surface area contributed by atoms with Crippen LogP contribution in [0.4, 0.5) is 0 Å². The van der Waals surface area contributed by atoms with Crippen LogP contribution in [-0.4, -0.2) is 35.0 Å². The summed E-state index contributed by atoms with van der Waals surface area (Å²) in [4.78, 5) is 25.6. The molecular weight excluding hydrogens is 278 g/mol. The summed E-state index contributed by atoms with van der Waals surface area (Å²) < 4.78 is 0. The summed E-state index contributed by atoms with van der Waals surface area (Å²) in [6.45, 7) is 0. The van der Waals surface area contributed by atoms with Crippen molar-refractivity contribution >= 4 is 11.9 Å². The van der Waals surface area contributed by atoms with Crippen LogP contribution in [0.3, 0.4) is 0 Å². The van der Waals surface area contributed by atoms with Crippen molar-refractivity contribution in [1.29, 1.82) is 0 Å². The molecule has 4 nitrogen and oxygen atoms in total. The third kappa shape index (κ3) is 3.32. The van der Waals surface area contributed by atoms with E-state index in [4.69, 9.17) is 0 Å². The molecule has 1 amide bonds. The van der Waals surface area contributed by atoms with Gasteiger partial charge >= 0.3 is 5.97 Å². The Morgan fingerprint density at radius 3 is 2.32 bits per heavy atom. The first-order valence-electron chi connectivity index (χ1n) is 8.14. The number of hydrogen-bond donors (Lipinski definition) is 1. The van der Waals surface area contributed by atoms with E-state index in [-0.39, 0.29) is 5.91 Å². The number of carbonyl (C=O) groups excluding carboxylic acids is 1. The van der Waals surface area contributed by atoms with Crippen LogP contribution in [0.15, 0.2) is 24.3 Å².